The summed E-state index contributed by atoms with van der Waals surface area (Å²) in [6.45, 7) is 3.95. The molecule has 0 unspecified atom stereocenters. The summed E-state index contributed by atoms with van der Waals surface area (Å²) in [4.78, 5) is 36.6. The van der Waals surface area contributed by atoms with Gasteiger partial charge in [-0.3, -0.25) is 9.59 Å². The van der Waals surface area contributed by atoms with E-state index in [4.69, 9.17) is 4.74 Å². The number of nitrogens with one attached hydrogen (secondary N) is 2. The Labute approximate surface area is 200 Å². The van der Waals surface area contributed by atoms with E-state index in [2.05, 4.69) is 31.8 Å². The zero-order chi connectivity index (χ0) is 23.8. The van der Waals surface area contributed by atoms with Crippen molar-refractivity contribution in [1.29, 1.82) is 0 Å². The van der Waals surface area contributed by atoms with Crippen molar-refractivity contribution in [3.8, 4) is 5.75 Å². The summed E-state index contributed by atoms with van der Waals surface area (Å²) in [5.41, 5.74) is 5.67. The van der Waals surface area contributed by atoms with E-state index in [0.717, 1.165) is 22.0 Å². The molecule has 0 radical (unpaired) electrons. The van der Waals surface area contributed by atoms with Gasteiger partial charge in [0.25, 0.3) is 0 Å². The van der Waals surface area contributed by atoms with Crippen molar-refractivity contribution < 1.29 is 19.1 Å². The Balaban J connectivity index is 1.64. The lowest BCUT2D eigenvalue weighted by Crippen LogP contribution is -2.32. The molecule has 3 rings (SSSR count). The maximum atomic E-state index is 12.4. The number of benzene rings is 3. The molecule has 0 aliphatic carbocycles. The van der Waals surface area contributed by atoms with Gasteiger partial charge in [0.2, 0.25) is 0 Å². The van der Waals surface area contributed by atoms with Gasteiger partial charge in [0.1, 0.15) is 5.75 Å². The number of hydrogen-bond acceptors (Lipinski definition) is 5. The molecule has 2 N–H and O–H groups in total. The molecule has 3 aromatic carbocycles. The molecule has 0 fully saturated rings. The second-order valence-corrected chi connectivity index (χ2v) is 8.06. The molecule has 168 valence electrons. The van der Waals surface area contributed by atoms with E-state index >= 15 is 0 Å². The topological polar surface area (TPSA) is 96.9 Å². The zero-order valence-electron chi connectivity index (χ0n) is 18.1. The van der Waals surface area contributed by atoms with Crippen molar-refractivity contribution in [2.75, 3.05) is 5.32 Å². The standard InChI is InChI=1S/C25H22BrN3O4/c1-3-17-6-11-21(12-7-17)28-23(30)24(31)29-27-15-19-14-20(26)10-13-22(19)33-25(32)18-8-4-16(2)5-9-18/h4-15H,3H2,1-2H3,(H,28,30)(H,29,31)/b27-15+. The van der Waals surface area contributed by atoms with Gasteiger partial charge in [0.05, 0.1) is 11.8 Å². The second kappa shape index (κ2) is 11.2. The number of halogens is 1. The van der Waals surface area contributed by atoms with Crippen LogP contribution in [-0.2, 0) is 16.0 Å². The quantitative estimate of drug-likeness (QED) is 0.167. The molecule has 0 atom stereocenters. The fourth-order valence-corrected chi connectivity index (χ4v) is 3.16. The third kappa shape index (κ3) is 6.85. The normalized spacial score (nSPS) is 10.6. The number of nitrogens with zero attached hydrogens (tertiary/aromatic N) is 1. The van der Waals surface area contributed by atoms with Crippen LogP contribution in [0.25, 0.3) is 0 Å². The molecule has 0 aromatic heterocycles. The van der Waals surface area contributed by atoms with Crippen molar-refractivity contribution in [2.24, 2.45) is 5.10 Å². The van der Waals surface area contributed by atoms with Gasteiger partial charge in [-0.2, -0.15) is 5.10 Å². The first-order chi connectivity index (χ1) is 15.9. The van der Waals surface area contributed by atoms with E-state index < -0.39 is 17.8 Å². The Hall–Kier alpha value is -3.78. The zero-order valence-corrected chi connectivity index (χ0v) is 19.7. The van der Waals surface area contributed by atoms with Gasteiger partial charge >= 0.3 is 17.8 Å². The Morgan fingerprint density at radius 2 is 1.67 bits per heavy atom. The van der Waals surface area contributed by atoms with Crippen molar-refractivity contribution in [2.45, 2.75) is 20.3 Å². The highest BCUT2D eigenvalue weighted by Crippen LogP contribution is 2.23. The number of esters is 1. The third-order valence-corrected chi connectivity index (χ3v) is 5.15. The number of amides is 2. The highest BCUT2D eigenvalue weighted by Gasteiger charge is 2.14. The smallest absolute Gasteiger partial charge is 0.343 e. The van der Waals surface area contributed by atoms with Gasteiger partial charge < -0.3 is 10.1 Å². The Morgan fingerprint density at radius 1 is 0.970 bits per heavy atom. The monoisotopic (exact) mass is 507 g/mol. The molecule has 0 aliphatic heterocycles. The lowest BCUT2D eigenvalue weighted by atomic mass is 10.1. The first kappa shape index (κ1) is 23.9. The van der Waals surface area contributed by atoms with Crippen LogP contribution in [0.15, 0.2) is 76.3 Å². The van der Waals surface area contributed by atoms with Crippen LogP contribution in [-0.4, -0.2) is 24.0 Å². The average Bonchev–Trinajstić information content (AvgIpc) is 2.81. The molecule has 33 heavy (non-hydrogen) atoms. The SMILES string of the molecule is CCc1ccc(NC(=O)C(=O)N/N=C/c2cc(Br)ccc2OC(=O)c2ccc(C)cc2)cc1. The third-order valence-electron chi connectivity index (χ3n) is 4.66. The number of rotatable bonds is 6. The molecule has 0 bridgehead atoms. The van der Waals surface area contributed by atoms with Crippen LogP contribution in [0.3, 0.4) is 0 Å². The van der Waals surface area contributed by atoms with E-state index in [9.17, 15) is 14.4 Å². The van der Waals surface area contributed by atoms with Gasteiger partial charge in [0.15, 0.2) is 0 Å². The average molecular weight is 508 g/mol. The number of carbonyl (C=O) groups is 3. The Bertz CT molecular complexity index is 1190. The molecule has 0 spiro atoms. The van der Waals surface area contributed by atoms with Gasteiger partial charge in [-0.15, -0.1) is 0 Å². The van der Waals surface area contributed by atoms with E-state index in [0.29, 0.717) is 16.8 Å². The molecular formula is C25H22BrN3O4. The minimum absolute atomic E-state index is 0.252. The van der Waals surface area contributed by atoms with Gasteiger partial charge in [-0.05, 0) is 61.4 Å². The Morgan fingerprint density at radius 3 is 2.33 bits per heavy atom. The number of aryl methyl sites for hydroxylation is 2. The van der Waals surface area contributed by atoms with E-state index in [1.807, 2.05) is 38.1 Å². The minimum Gasteiger partial charge on any atom is -0.422 e. The molecule has 0 aliphatic rings. The summed E-state index contributed by atoms with van der Waals surface area (Å²) in [5.74, 6) is -2.05. The van der Waals surface area contributed by atoms with Crippen LogP contribution in [0.5, 0.6) is 5.75 Å². The summed E-state index contributed by atoms with van der Waals surface area (Å²) < 4.78 is 6.21. The van der Waals surface area contributed by atoms with Crippen LogP contribution < -0.4 is 15.5 Å². The molecule has 0 saturated heterocycles. The van der Waals surface area contributed by atoms with Gasteiger partial charge in [-0.1, -0.05) is 52.7 Å². The van der Waals surface area contributed by atoms with Crippen LogP contribution in [0.2, 0.25) is 0 Å². The maximum Gasteiger partial charge on any atom is 0.343 e. The molecule has 2 amide bonds. The van der Waals surface area contributed by atoms with Crippen LogP contribution in [0, 0.1) is 6.92 Å². The first-order valence-electron chi connectivity index (χ1n) is 10.2. The number of hydrogen-bond donors (Lipinski definition) is 2. The van der Waals surface area contributed by atoms with Gasteiger partial charge in [-0.25, -0.2) is 10.2 Å². The van der Waals surface area contributed by atoms with Crippen molar-refractivity contribution >= 4 is 45.6 Å². The molecule has 8 heteroatoms. The predicted molar refractivity (Wildman–Crippen MR) is 130 cm³/mol. The van der Waals surface area contributed by atoms with Crippen molar-refractivity contribution in [1.82, 2.24) is 5.43 Å². The predicted octanol–water partition coefficient (Wildman–Crippen LogP) is 4.63. The molecule has 0 heterocycles. The number of anilines is 1. The van der Waals surface area contributed by atoms with Crippen molar-refractivity contribution in [3.05, 3.63) is 93.5 Å². The van der Waals surface area contributed by atoms with E-state index in [1.165, 1.54) is 6.21 Å². The largest absolute Gasteiger partial charge is 0.422 e. The molecular weight excluding hydrogens is 486 g/mol. The number of ether oxygens (including phenoxy) is 1. The highest BCUT2D eigenvalue weighted by molar-refractivity contribution is 9.10. The Kier molecular flexibility index (Phi) is 8.10. The van der Waals surface area contributed by atoms with Crippen molar-refractivity contribution in [3.63, 3.8) is 0 Å². The second-order valence-electron chi connectivity index (χ2n) is 7.14. The lowest BCUT2D eigenvalue weighted by molar-refractivity contribution is -0.136. The molecule has 7 nitrogen and oxygen atoms in total. The van der Waals surface area contributed by atoms with Crippen LogP contribution in [0.1, 0.15) is 34.0 Å². The first-order valence-corrected chi connectivity index (χ1v) is 11.0. The van der Waals surface area contributed by atoms with Crippen LogP contribution in [0.4, 0.5) is 5.69 Å². The minimum atomic E-state index is -0.931. The fraction of sp³-hybridized carbons (Fsp3) is 0.120. The summed E-state index contributed by atoms with van der Waals surface area (Å²) >= 11 is 3.35. The summed E-state index contributed by atoms with van der Waals surface area (Å²) in [5, 5.41) is 6.34. The number of hydrazone groups is 1. The summed E-state index contributed by atoms with van der Waals surface area (Å²) in [6.07, 6.45) is 2.17. The summed E-state index contributed by atoms with van der Waals surface area (Å²) in [6, 6.07) is 19.2. The fourth-order valence-electron chi connectivity index (χ4n) is 2.78. The van der Waals surface area contributed by atoms with Gasteiger partial charge in [0, 0.05) is 15.7 Å². The number of carbonyl (C=O) groups excluding carboxylic acids is 3. The lowest BCUT2D eigenvalue weighted by Gasteiger charge is -2.08. The molecule has 0 saturated carbocycles. The maximum absolute atomic E-state index is 12.4. The van der Waals surface area contributed by atoms with Crippen LogP contribution >= 0.6 is 15.9 Å². The highest BCUT2D eigenvalue weighted by atomic mass is 79.9. The molecule has 3 aromatic rings. The van der Waals surface area contributed by atoms with E-state index in [-0.39, 0.29) is 5.75 Å². The van der Waals surface area contributed by atoms with E-state index in [1.54, 1.807) is 42.5 Å². The summed E-state index contributed by atoms with van der Waals surface area (Å²) in [7, 11) is 0.